The molecule has 184 valence electrons. The molecule has 35 heavy (non-hydrogen) atoms. The lowest BCUT2D eigenvalue weighted by atomic mass is 10.1. The number of nitrogen functional groups attached to an aromatic ring is 1. The number of esters is 1. The van der Waals surface area contributed by atoms with Crippen LogP contribution in [0, 0.1) is 6.92 Å². The monoisotopic (exact) mass is 479 g/mol. The van der Waals surface area contributed by atoms with Gasteiger partial charge in [0.05, 0.1) is 34.9 Å². The highest BCUT2D eigenvalue weighted by atomic mass is 16.6. The summed E-state index contributed by atoms with van der Waals surface area (Å²) >= 11 is 0. The first-order chi connectivity index (χ1) is 16.9. The number of fused-ring (bicyclic) bond motifs is 2. The number of nitrogens with one attached hydrogen (secondary N) is 1. The number of carbonyl (C=O) groups excluding carboxylic acids is 2. The maximum absolute atomic E-state index is 12.9. The zero-order valence-electron chi connectivity index (χ0n) is 20.1. The number of nitrogens with zero attached hydrogens (tertiary/aromatic N) is 1. The number of hydrogen-bond acceptors (Lipinski definition) is 8. The molecule has 0 saturated heterocycles. The number of aromatic nitrogens is 1. The number of pyridine rings is 1. The maximum Gasteiger partial charge on any atom is 0.342 e. The Kier molecular flexibility index (Phi) is 7.24. The minimum absolute atomic E-state index is 0.202. The smallest absolute Gasteiger partial charge is 0.342 e. The van der Waals surface area contributed by atoms with Crippen LogP contribution in [0.3, 0.4) is 0 Å². The van der Waals surface area contributed by atoms with Crippen LogP contribution in [-0.4, -0.2) is 49.3 Å². The summed E-state index contributed by atoms with van der Waals surface area (Å²) in [6, 6.07) is 10.2. The van der Waals surface area contributed by atoms with Crippen LogP contribution in [0.4, 0.5) is 5.69 Å². The molecule has 1 aliphatic heterocycles. The fourth-order valence-corrected chi connectivity index (χ4v) is 3.93. The molecule has 0 saturated carbocycles. The van der Waals surface area contributed by atoms with Gasteiger partial charge in [0, 0.05) is 5.56 Å². The molecule has 4 rings (SSSR count). The van der Waals surface area contributed by atoms with Crippen LogP contribution in [0.15, 0.2) is 36.4 Å². The zero-order chi connectivity index (χ0) is 24.9. The van der Waals surface area contributed by atoms with Crippen LogP contribution in [-0.2, 0) is 4.74 Å². The Morgan fingerprint density at radius 2 is 1.91 bits per heavy atom. The number of benzene rings is 2. The number of carbonyl (C=O) groups is 2. The molecule has 2 aromatic carbocycles. The van der Waals surface area contributed by atoms with Crippen molar-refractivity contribution in [1.29, 1.82) is 0 Å². The molecule has 0 bridgehead atoms. The second kappa shape index (κ2) is 10.5. The lowest BCUT2D eigenvalue weighted by molar-refractivity contribution is 0.0526. The summed E-state index contributed by atoms with van der Waals surface area (Å²) in [6.45, 7) is 6.78. The average Bonchev–Trinajstić information content (AvgIpc) is 2.86. The van der Waals surface area contributed by atoms with E-state index in [9.17, 15) is 9.59 Å². The lowest BCUT2D eigenvalue weighted by Gasteiger charge is -2.21. The predicted octanol–water partition coefficient (Wildman–Crippen LogP) is 3.66. The maximum atomic E-state index is 12.9. The lowest BCUT2D eigenvalue weighted by Crippen LogP contribution is -2.38. The third-order valence-corrected chi connectivity index (χ3v) is 5.74. The van der Waals surface area contributed by atoms with Crippen LogP contribution < -0.4 is 25.3 Å². The van der Waals surface area contributed by atoms with Gasteiger partial charge in [0.25, 0.3) is 5.91 Å². The van der Waals surface area contributed by atoms with Gasteiger partial charge in [0.2, 0.25) is 0 Å². The highest BCUT2D eigenvalue weighted by molar-refractivity contribution is 6.07. The Morgan fingerprint density at radius 1 is 1.14 bits per heavy atom. The van der Waals surface area contributed by atoms with Crippen molar-refractivity contribution in [3.8, 4) is 17.2 Å². The van der Waals surface area contributed by atoms with E-state index in [1.54, 1.807) is 44.2 Å². The van der Waals surface area contributed by atoms with E-state index in [2.05, 4.69) is 10.3 Å². The molecule has 2 heterocycles. The average molecular weight is 480 g/mol. The summed E-state index contributed by atoms with van der Waals surface area (Å²) in [7, 11) is 0. The molecule has 3 aromatic rings. The second-order valence-corrected chi connectivity index (χ2v) is 8.10. The van der Waals surface area contributed by atoms with Gasteiger partial charge in [0.15, 0.2) is 11.5 Å². The predicted molar refractivity (Wildman–Crippen MR) is 131 cm³/mol. The van der Waals surface area contributed by atoms with Crippen LogP contribution in [0.5, 0.6) is 17.2 Å². The molecule has 0 fully saturated rings. The van der Waals surface area contributed by atoms with Crippen molar-refractivity contribution >= 4 is 28.5 Å². The molecular weight excluding hydrogens is 450 g/mol. The van der Waals surface area contributed by atoms with Gasteiger partial charge in [0.1, 0.15) is 31.1 Å². The summed E-state index contributed by atoms with van der Waals surface area (Å²) in [5, 5.41) is 3.53. The minimum Gasteiger partial charge on any atom is -0.491 e. The van der Waals surface area contributed by atoms with Gasteiger partial charge in [-0.1, -0.05) is 13.0 Å². The van der Waals surface area contributed by atoms with E-state index in [1.807, 2.05) is 13.0 Å². The molecule has 1 aliphatic rings. The van der Waals surface area contributed by atoms with E-state index in [4.69, 9.17) is 24.7 Å². The summed E-state index contributed by atoms with van der Waals surface area (Å²) in [6.07, 6.45) is 0.641. The van der Waals surface area contributed by atoms with Gasteiger partial charge >= 0.3 is 5.97 Å². The first-order valence-electron chi connectivity index (χ1n) is 11.6. The number of rotatable bonds is 8. The van der Waals surface area contributed by atoms with Crippen molar-refractivity contribution < 1.29 is 28.5 Å². The van der Waals surface area contributed by atoms with E-state index >= 15 is 0 Å². The van der Waals surface area contributed by atoms with E-state index in [0.29, 0.717) is 59.0 Å². The number of aryl methyl sites for hydroxylation is 1. The van der Waals surface area contributed by atoms with Crippen molar-refractivity contribution in [2.75, 3.05) is 32.2 Å². The molecule has 9 heteroatoms. The van der Waals surface area contributed by atoms with Gasteiger partial charge in [-0.05, 0) is 50.6 Å². The highest BCUT2D eigenvalue weighted by Gasteiger charge is 2.22. The van der Waals surface area contributed by atoms with E-state index in [-0.39, 0.29) is 36.4 Å². The third kappa shape index (κ3) is 5.08. The molecule has 0 aliphatic carbocycles. The topological polar surface area (TPSA) is 122 Å². The minimum atomic E-state index is -0.523. The van der Waals surface area contributed by atoms with E-state index < -0.39 is 5.97 Å². The standard InChI is InChI=1S/C26H29N3O6/c1-4-17(29-25(30)16-9-10-19-21(13-16)34-12-11-33-19)14-35-20-8-6-7-18-23(20)24(27)22(15(3)28-18)26(31)32-5-2/h6-10,13,17H,4-5,11-12,14H2,1-3H3,(H2,27,28)(H,29,30)/t17-/m0/s1. The summed E-state index contributed by atoms with van der Waals surface area (Å²) in [5.41, 5.74) is 8.45. The Bertz CT molecular complexity index is 1260. The van der Waals surface area contributed by atoms with Crippen molar-refractivity contribution in [2.45, 2.75) is 33.2 Å². The van der Waals surface area contributed by atoms with Gasteiger partial charge in [-0.3, -0.25) is 9.78 Å². The molecule has 0 radical (unpaired) electrons. The summed E-state index contributed by atoms with van der Waals surface area (Å²) in [5.74, 6) is 0.897. The first-order valence-corrected chi connectivity index (χ1v) is 11.6. The van der Waals surface area contributed by atoms with Gasteiger partial charge < -0.3 is 30.0 Å². The number of ether oxygens (including phenoxy) is 4. The SMILES string of the molecule is CCOC(=O)c1c(C)nc2cccc(OC[C@H](CC)NC(=O)c3ccc4c(c3)OCCO4)c2c1N. The number of nitrogens with two attached hydrogens (primary N) is 1. The number of amides is 1. The first kappa shape index (κ1) is 24.1. The normalized spacial score (nSPS) is 13.2. The second-order valence-electron chi connectivity index (χ2n) is 8.10. The summed E-state index contributed by atoms with van der Waals surface area (Å²) < 4.78 is 22.3. The van der Waals surface area contributed by atoms with Crippen molar-refractivity contribution in [1.82, 2.24) is 10.3 Å². The quantitative estimate of drug-likeness (QED) is 0.470. The molecule has 3 N–H and O–H groups in total. The van der Waals surface area contributed by atoms with E-state index in [0.717, 1.165) is 0 Å². The fourth-order valence-electron chi connectivity index (χ4n) is 3.93. The van der Waals surface area contributed by atoms with Crippen LogP contribution in [0.1, 0.15) is 46.7 Å². The molecule has 1 aromatic heterocycles. The fraction of sp³-hybridized carbons (Fsp3) is 0.346. The van der Waals surface area contributed by atoms with Crippen molar-refractivity contribution in [2.24, 2.45) is 0 Å². The Hall–Kier alpha value is -4.01. The van der Waals surface area contributed by atoms with Crippen LogP contribution in [0.25, 0.3) is 10.9 Å². The Balaban J connectivity index is 1.52. The van der Waals surface area contributed by atoms with Gasteiger partial charge in [-0.25, -0.2) is 4.79 Å². The molecular formula is C26H29N3O6. The highest BCUT2D eigenvalue weighted by Crippen LogP contribution is 2.34. The molecule has 0 spiro atoms. The van der Waals surface area contributed by atoms with Crippen molar-refractivity contribution in [3.05, 3.63) is 53.2 Å². The van der Waals surface area contributed by atoms with Crippen LogP contribution in [0.2, 0.25) is 0 Å². The zero-order valence-corrected chi connectivity index (χ0v) is 20.1. The molecule has 9 nitrogen and oxygen atoms in total. The number of hydrogen-bond donors (Lipinski definition) is 2. The largest absolute Gasteiger partial charge is 0.491 e. The Morgan fingerprint density at radius 3 is 2.66 bits per heavy atom. The molecule has 0 unspecified atom stereocenters. The Labute approximate surface area is 203 Å². The summed E-state index contributed by atoms with van der Waals surface area (Å²) in [4.78, 5) is 29.8. The molecule has 1 amide bonds. The number of anilines is 1. The van der Waals surface area contributed by atoms with Crippen LogP contribution >= 0.6 is 0 Å². The molecule has 1 atom stereocenters. The van der Waals surface area contributed by atoms with Gasteiger partial charge in [-0.2, -0.15) is 0 Å². The van der Waals surface area contributed by atoms with Crippen molar-refractivity contribution in [3.63, 3.8) is 0 Å². The third-order valence-electron chi connectivity index (χ3n) is 5.74. The van der Waals surface area contributed by atoms with Gasteiger partial charge in [-0.15, -0.1) is 0 Å². The van der Waals surface area contributed by atoms with E-state index in [1.165, 1.54) is 0 Å².